The molecule has 1 aliphatic rings. The number of aliphatic hydroxyl groups excluding tert-OH is 1. The number of aliphatic hydroxyl groups is 1. The standard InChI is InChI=1S/C20H26Cl2N4O2/c1-12-18(14-5-4-6-15(21)17(14)22)25-16(11-27)19(24-12)26-9-7-20(28-3,8-10-26)13(2)23/h4-6,13,27H,7-11,23H2,1-3H3/t13-/m0/s1. The fraction of sp³-hybridized carbons (Fsp3) is 0.500. The molecule has 3 rings (SSSR count). The summed E-state index contributed by atoms with van der Waals surface area (Å²) < 4.78 is 5.74. The minimum Gasteiger partial charge on any atom is -0.390 e. The lowest BCUT2D eigenvalue weighted by atomic mass is 9.85. The van der Waals surface area contributed by atoms with E-state index in [1.54, 1.807) is 13.2 Å². The molecular weight excluding hydrogens is 399 g/mol. The fourth-order valence-corrected chi connectivity index (χ4v) is 4.18. The molecule has 0 unspecified atom stereocenters. The predicted octanol–water partition coefficient (Wildman–Crippen LogP) is 3.58. The molecule has 1 saturated heterocycles. The number of rotatable bonds is 5. The van der Waals surface area contributed by atoms with Gasteiger partial charge in [0.05, 0.1) is 33.6 Å². The number of benzene rings is 1. The Morgan fingerprint density at radius 1 is 1.29 bits per heavy atom. The van der Waals surface area contributed by atoms with Crippen LogP contribution in [0.1, 0.15) is 31.2 Å². The van der Waals surface area contributed by atoms with Gasteiger partial charge in [-0.3, -0.25) is 0 Å². The van der Waals surface area contributed by atoms with Gasteiger partial charge in [0.1, 0.15) is 5.69 Å². The lowest BCUT2D eigenvalue weighted by molar-refractivity contribution is -0.0452. The zero-order valence-electron chi connectivity index (χ0n) is 16.4. The maximum atomic E-state index is 9.94. The highest BCUT2D eigenvalue weighted by Gasteiger charge is 2.38. The van der Waals surface area contributed by atoms with Crippen LogP contribution in [-0.2, 0) is 11.3 Å². The Kier molecular flexibility index (Phi) is 6.47. The largest absolute Gasteiger partial charge is 0.390 e. The molecular formula is C20H26Cl2N4O2. The molecule has 1 aromatic heterocycles. The lowest BCUT2D eigenvalue weighted by Gasteiger charge is -2.43. The Labute approximate surface area is 175 Å². The molecule has 0 saturated carbocycles. The second-order valence-corrected chi connectivity index (χ2v) is 8.02. The average Bonchev–Trinajstić information content (AvgIpc) is 2.70. The van der Waals surface area contributed by atoms with E-state index in [2.05, 4.69) is 9.88 Å². The van der Waals surface area contributed by atoms with Crippen LogP contribution < -0.4 is 10.6 Å². The van der Waals surface area contributed by atoms with Gasteiger partial charge in [-0.15, -0.1) is 0 Å². The summed E-state index contributed by atoms with van der Waals surface area (Å²) in [4.78, 5) is 11.6. The topological polar surface area (TPSA) is 84.5 Å². The number of aromatic nitrogens is 2. The number of aryl methyl sites for hydroxylation is 1. The number of ether oxygens (including phenoxy) is 1. The molecule has 0 spiro atoms. The predicted molar refractivity (Wildman–Crippen MR) is 113 cm³/mol. The Hall–Kier alpha value is -1.44. The third-order valence-electron chi connectivity index (χ3n) is 5.62. The Bertz CT molecular complexity index is 852. The number of methoxy groups -OCH3 is 1. The van der Waals surface area contributed by atoms with Gasteiger partial charge in [0.2, 0.25) is 0 Å². The van der Waals surface area contributed by atoms with E-state index >= 15 is 0 Å². The molecule has 0 aliphatic carbocycles. The summed E-state index contributed by atoms with van der Waals surface area (Å²) in [5, 5.41) is 10.8. The van der Waals surface area contributed by atoms with Crippen molar-refractivity contribution < 1.29 is 9.84 Å². The molecule has 3 N–H and O–H groups in total. The van der Waals surface area contributed by atoms with Crippen molar-refractivity contribution in [2.75, 3.05) is 25.1 Å². The van der Waals surface area contributed by atoms with Crippen molar-refractivity contribution in [2.24, 2.45) is 5.73 Å². The van der Waals surface area contributed by atoms with Crippen LogP contribution in [0, 0.1) is 6.92 Å². The van der Waals surface area contributed by atoms with Crippen LogP contribution in [-0.4, -0.2) is 46.9 Å². The average molecular weight is 425 g/mol. The Morgan fingerprint density at radius 2 is 1.96 bits per heavy atom. The van der Waals surface area contributed by atoms with Gasteiger partial charge in [-0.2, -0.15) is 0 Å². The monoisotopic (exact) mass is 424 g/mol. The van der Waals surface area contributed by atoms with Gasteiger partial charge in [-0.05, 0) is 32.8 Å². The maximum absolute atomic E-state index is 9.94. The van der Waals surface area contributed by atoms with Crippen LogP contribution in [0.15, 0.2) is 18.2 Å². The molecule has 2 aromatic rings. The molecule has 1 fully saturated rings. The first-order valence-electron chi connectivity index (χ1n) is 9.31. The van der Waals surface area contributed by atoms with Crippen molar-refractivity contribution in [3.05, 3.63) is 39.6 Å². The highest BCUT2D eigenvalue weighted by atomic mass is 35.5. The first kappa shape index (κ1) is 21.3. The summed E-state index contributed by atoms with van der Waals surface area (Å²) in [6.45, 7) is 5.11. The highest BCUT2D eigenvalue weighted by molar-refractivity contribution is 6.43. The van der Waals surface area contributed by atoms with Gasteiger partial charge in [0.15, 0.2) is 5.82 Å². The maximum Gasteiger partial charge on any atom is 0.153 e. The molecule has 0 radical (unpaired) electrons. The van der Waals surface area contributed by atoms with E-state index in [1.807, 2.05) is 26.0 Å². The number of hydrogen-bond donors (Lipinski definition) is 2. The number of hydrogen-bond acceptors (Lipinski definition) is 6. The van der Waals surface area contributed by atoms with E-state index in [1.165, 1.54) is 0 Å². The third-order valence-corrected chi connectivity index (χ3v) is 6.44. The van der Waals surface area contributed by atoms with Crippen molar-refractivity contribution in [3.63, 3.8) is 0 Å². The van der Waals surface area contributed by atoms with Gasteiger partial charge < -0.3 is 20.5 Å². The molecule has 0 bridgehead atoms. The fourth-order valence-electron chi connectivity index (χ4n) is 3.79. The van der Waals surface area contributed by atoms with Gasteiger partial charge >= 0.3 is 0 Å². The van der Waals surface area contributed by atoms with Crippen LogP contribution in [0.2, 0.25) is 10.0 Å². The van der Waals surface area contributed by atoms with Crippen LogP contribution in [0.25, 0.3) is 11.3 Å². The molecule has 8 heteroatoms. The molecule has 0 amide bonds. The lowest BCUT2D eigenvalue weighted by Crippen LogP contribution is -2.55. The normalized spacial score (nSPS) is 17.6. The molecule has 1 atom stereocenters. The summed E-state index contributed by atoms with van der Waals surface area (Å²) >= 11 is 12.5. The summed E-state index contributed by atoms with van der Waals surface area (Å²) in [6.07, 6.45) is 1.57. The van der Waals surface area contributed by atoms with Gasteiger partial charge in [-0.1, -0.05) is 35.3 Å². The van der Waals surface area contributed by atoms with E-state index in [-0.39, 0.29) is 18.2 Å². The second-order valence-electron chi connectivity index (χ2n) is 7.23. The third kappa shape index (κ3) is 3.84. The van der Waals surface area contributed by atoms with Crippen LogP contribution >= 0.6 is 23.2 Å². The van der Waals surface area contributed by atoms with E-state index in [0.29, 0.717) is 32.8 Å². The van der Waals surface area contributed by atoms with E-state index in [4.69, 9.17) is 38.7 Å². The van der Waals surface area contributed by atoms with Crippen molar-refractivity contribution in [1.82, 2.24) is 9.97 Å². The minimum atomic E-state index is -0.327. The summed E-state index contributed by atoms with van der Waals surface area (Å²) in [5.74, 6) is 0.691. The second kappa shape index (κ2) is 8.51. The molecule has 152 valence electrons. The quantitative estimate of drug-likeness (QED) is 0.762. The van der Waals surface area contributed by atoms with Crippen molar-refractivity contribution >= 4 is 29.0 Å². The van der Waals surface area contributed by atoms with Crippen molar-refractivity contribution in [2.45, 2.75) is 44.9 Å². The SMILES string of the molecule is COC1([C@H](C)N)CCN(c2nc(C)c(-c3cccc(Cl)c3Cl)nc2CO)CC1. The number of nitrogens with two attached hydrogens (primary N) is 1. The Morgan fingerprint density at radius 3 is 2.54 bits per heavy atom. The molecule has 1 aromatic carbocycles. The van der Waals surface area contributed by atoms with E-state index in [9.17, 15) is 5.11 Å². The minimum absolute atomic E-state index is 0.0582. The van der Waals surface area contributed by atoms with Gasteiger partial charge in [-0.25, -0.2) is 9.97 Å². The van der Waals surface area contributed by atoms with Gasteiger partial charge in [0.25, 0.3) is 0 Å². The van der Waals surface area contributed by atoms with Crippen LogP contribution in [0.3, 0.4) is 0 Å². The first-order valence-corrected chi connectivity index (χ1v) is 10.1. The van der Waals surface area contributed by atoms with E-state index < -0.39 is 0 Å². The van der Waals surface area contributed by atoms with Crippen molar-refractivity contribution in [1.29, 1.82) is 0 Å². The van der Waals surface area contributed by atoms with E-state index in [0.717, 1.165) is 31.6 Å². The summed E-state index contributed by atoms with van der Waals surface area (Å²) in [6, 6.07) is 5.34. The summed E-state index contributed by atoms with van der Waals surface area (Å²) in [5.41, 5.74) is 8.40. The Balaban J connectivity index is 1.94. The van der Waals surface area contributed by atoms with Crippen molar-refractivity contribution in [3.8, 4) is 11.3 Å². The smallest absolute Gasteiger partial charge is 0.153 e. The zero-order valence-corrected chi connectivity index (χ0v) is 17.9. The zero-order chi connectivity index (χ0) is 20.5. The van der Waals surface area contributed by atoms with Gasteiger partial charge in [0, 0.05) is 31.8 Å². The molecule has 28 heavy (non-hydrogen) atoms. The number of halogens is 2. The first-order chi connectivity index (χ1) is 13.3. The summed E-state index contributed by atoms with van der Waals surface area (Å²) in [7, 11) is 1.71. The highest BCUT2D eigenvalue weighted by Crippen LogP contribution is 2.36. The van der Waals surface area contributed by atoms with Crippen LogP contribution in [0.4, 0.5) is 5.82 Å². The molecule has 2 heterocycles. The number of piperidine rings is 1. The number of anilines is 1. The number of nitrogens with zero attached hydrogens (tertiary/aromatic N) is 3. The van der Waals surface area contributed by atoms with Crippen LogP contribution in [0.5, 0.6) is 0 Å². The molecule has 6 nitrogen and oxygen atoms in total. The molecule has 1 aliphatic heterocycles.